The second-order valence-electron chi connectivity index (χ2n) is 7.36. The highest BCUT2D eigenvalue weighted by atomic mass is 19.1. The lowest BCUT2D eigenvalue weighted by atomic mass is 9.97. The molecule has 0 radical (unpaired) electrons. The van der Waals surface area contributed by atoms with Gasteiger partial charge in [0.25, 0.3) is 0 Å². The van der Waals surface area contributed by atoms with Crippen LogP contribution in [0, 0.1) is 11.7 Å². The highest BCUT2D eigenvalue weighted by molar-refractivity contribution is 6.06. The van der Waals surface area contributed by atoms with Crippen LogP contribution in [0.15, 0.2) is 59.1 Å². The van der Waals surface area contributed by atoms with Crippen molar-refractivity contribution in [3.8, 4) is 11.3 Å². The molecule has 0 unspecified atom stereocenters. The van der Waals surface area contributed by atoms with Crippen molar-refractivity contribution in [2.75, 3.05) is 0 Å². The maximum absolute atomic E-state index is 13.7. The summed E-state index contributed by atoms with van der Waals surface area (Å²) in [4.78, 5) is 4.57. The first-order valence-corrected chi connectivity index (χ1v) is 9.33. The predicted molar refractivity (Wildman–Crippen MR) is 103 cm³/mol. The Morgan fingerprint density at radius 1 is 0.923 bits per heavy atom. The van der Waals surface area contributed by atoms with E-state index >= 15 is 0 Å². The Balaban J connectivity index is 1.55. The normalized spacial score (nSPS) is 15.3. The van der Waals surface area contributed by atoms with Gasteiger partial charge in [0, 0.05) is 22.5 Å². The molecule has 4 aromatic rings. The lowest BCUT2D eigenvalue weighted by molar-refractivity contribution is 0.546. The van der Waals surface area contributed by atoms with Gasteiger partial charge in [-0.25, -0.2) is 4.39 Å². The Hall–Kier alpha value is -2.68. The van der Waals surface area contributed by atoms with Crippen LogP contribution in [0.25, 0.3) is 33.2 Å². The largest absolute Gasteiger partial charge is 0.456 e. The van der Waals surface area contributed by atoms with Crippen molar-refractivity contribution >= 4 is 21.9 Å². The molecule has 0 atom stereocenters. The molecular formula is C23H20FNO. The Kier molecular flexibility index (Phi) is 3.74. The lowest BCUT2D eigenvalue weighted by Gasteiger charge is -2.10. The minimum absolute atomic E-state index is 0.248. The summed E-state index contributed by atoms with van der Waals surface area (Å²) in [6.07, 6.45) is 8.45. The smallest absolute Gasteiger partial charge is 0.135 e. The van der Waals surface area contributed by atoms with E-state index in [1.807, 2.05) is 18.3 Å². The van der Waals surface area contributed by atoms with Gasteiger partial charge in [0.05, 0.1) is 5.69 Å². The Morgan fingerprint density at radius 3 is 2.54 bits per heavy atom. The Labute approximate surface area is 151 Å². The van der Waals surface area contributed by atoms with Crippen LogP contribution in [0.4, 0.5) is 4.39 Å². The SMILES string of the molecule is Fc1ccc2oc3ccc(-c4cc(CC5CCCC5)ccn4)cc3c2c1. The van der Waals surface area contributed by atoms with E-state index < -0.39 is 0 Å². The zero-order valence-electron chi connectivity index (χ0n) is 14.5. The molecule has 1 aliphatic rings. The average molecular weight is 345 g/mol. The average Bonchev–Trinajstić information content (AvgIpc) is 3.29. The van der Waals surface area contributed by atoms with Crippen LogP contribution in [0.1, 0.15) is 31.2 Å². The van der Waals surface area contributed by atoms with Crippen LogP contribution in [0.5, 0.6) is 0 Å². The van der Waals surface area contributed by atoms with Gasteiger partial charge in [-0.05, 0) is 66.4 Å². The van der Waals surface area contributed by atoms with E-state index in [9.17, 15) is 4.39 Å². The van der Waals surface area contributed by atoms with Gasteiger partial charge in [0.2, 0.25) is 0 Å². The van der Waals surface area contributed by atoms with Gasteiger partial charge in [-0.1, -0.05) is 25.7 Å². The fraction of sp³-hybridized carbons (Fsp3) is 0.261. The first-order valence-electron chi connectivity index (χ1n) is 9.33. The summed E-state index contributed by atoms with van der Waals surface area (Å²) >= 11 is 0. The summed E-state index contributed by atoms with van der Waals surface area (Å²) < 4.78 is 19.5. The highest BCUT2D eigenvalue weighted by Gasteiger charge is 2.16. The van der Waals surface area contributed by atoms with Crippen molar-refractivity contribution in [1.82, 2.24) is 4.98 Å². The fourth-order valence-corrected chi connectivity index (χ4v) is 4.22. The molecule has 1 aliphatic carbocycles. The number of hydrogen-bond donors (Lipinski definition) is 0. The van der Waals surface area contributed by atoms with Crippen LogP contribution in [0.3, 0.4) is 0 Å². The summed E-state index contributed by atoms with van der Waals surface area (Å²) in [5, 5.41) is 1.74. The molecule has 0 saturated heterocycles. The Bertz CT molecular complexity index is 1090. The van der Waals surface area contributed by atoms with Crippen molar-refractivity contribution < 1.29 is 8.81 Å². The van der Waals surface area contributed by atoms with Crippen LogP contribution in [-0.4, -0.2) is 4.98 Å². The quantitative estimate of drug-likeness (QED) is 0.422. The molecule has 130 valence electrons. The number of pyridine rings is 1. The van der Waals surface area contributed by atoms with Crippen LogP contribution in [0.2, 0.25) is 0 Å². The second-order valence-corrected chi connectivity index (χ2v) is 7.36. The molecule has 0 spiro atoms. The maximum Gasteiger partial charge on any atom is 0.135 e. The third-order valence-corrected chi connectivity index (χ3v) is 5.55. The molecule has 0 N–H and O–H groups in total. The summed E-state index contributed by atoms with van der Waals surface area (Å²) in [5.74, 6) is 0.566. The first-order chi connectivity index (χ1) is 12.8. The number of fused-ring (bicyclic) bond motifs is 3. The Morgan fingerprint density at radius 2 is 1.69 bits per heavy atom. The molecule has 0 bridgehead atoms. The van der Waals surface area contributed by atoms with Gasteiger partial charge >= 0.3 is 0 Å². The maximum atomic E-state index is 13.7. The van der Waals surface area contributed by atoms with Gasteiger partial charge in [-0.15, -0.1) is 0 Å². The molecule has 26 heavy (non-hydrogen) atoms. The van der Waals surface area contributed by atoms with E-state index in [4.69, 9.17) is 4.42 Å². The third kappa shape index (κ3) is 2.78. The molecule has 0 amide bonds. The fourth-order valence-electron chi connectivity index (χ4n) is 4.22. The summed E-state index contributed by atoms with van der Waals surface area (Å²) in [5.41, 5.74) is 4.84. The zero-order chi connectivity index (χ0) is 17.5. The monoisotopic (exact) mass is 345 g/mol. The zero-order valence-corrected chi connectivity index (χ0v) is 14.5. The summed E-state index contributed by atoms with van der Waals surface area (Å²) in [6.45, 7) is 0. The van der Waals surface area contributed by atoms with Gasteiger partial charge in [0.1, 0.15) is 17.0 Å². The van der Waals surface area contributed by atoms with Crippen LogP contribution >= 0.6 is 0 Å². The van der Waals surface area contributed by atoms with E-state index in [-0.39, 0.29) is 5.82 Å². The number of aromatic nitrogens is 1. The minimum atomic E-state index is -0.248. The predicted octanol–water partition coefficient (Wildman–Crippen LogP) is 6.52. The number of rotatable bonds is 3. The molecule has 2 aromatic carbocycles. The third-order valence-electron chi connectivity index (χ3n) is 5.55. The molecule has 2 heterocycles. The summed E-state index contributed by atoms with van der Waals surface area (Å²) in [6, 6.07) is 15.0. The van der Waals surface area contributed by atoms with E-state index in [1.54, 1.807) is 6.07 Å². The number of benzene rings is 2. The van der Waals surface area contributed by atoms with Crippen molar-refractivity contribution in [3.63, 3.8) is 0 Å². The lowest BCUT2D eigenvalue weighted by Crippen LogP contribution is -1.99. The molecule has 5 rings (SSSR count). The topological polar surface area (TPSA) is 26.0 Å². The van der Waals surface area contributed by atoms with Crippen LogP contribution < -0.4 is 0 Å². The van der Waals surface area contributed by atoms with Gasteiger partial charge in [-0.3, -0.25) is 4.98 Å². The molecule has 2 nitrogen and oxygen atoms in total. The second kappa shape index (κ2) is 6.24. The van der Waals surface area contributed by atoms with Gasteiger partial charge in [0.15, 0.2) is 0 Å². The van der Waals surface area contributed by atoms with E-state index in [2.05, 4.69) is 23.2 Å². The van der Waals surface area contributed by atoms with Crippen molar-refractivity contribution in [1.29, 1.82) is 0 Å². The van der Waals surface area contributed by atoms with Gasteiger partial charge in [-0.2, -0.15) is 0 Å². The summed E-state index contributed by atoms with van der Waals surface area (Å²) in [7, 11) is 0. The van der Waals surface area contributed by atoms with Crippen molar-refractivity contribution in [2.24, 2.45) is 5.92 Å². The minimum Gasteiger partial charge on any atom is -0.456 e. The number of furan rings is 1. The van der Waals surface area contributed by atoms with Gasteiger partial charge < -0.3 is 4.42 Å². The molecular weight excluding hydrogens is 325 g/mol. The molecule has 1 fully saturated rings. The number of halogens is 1. The van der Waals surface area contributed by atoms with E-state index in [1.165, 1.54) is 43.4 Å². The number of hydrogen-bond acceptors (Lipinski definition) is 2. The van der Waals surface area contributed by atoms with E-state index in [0.29, 0.717) is 5.58 Å². The first kappa shape index (κ1) is 15.6. The molecule has 3 heteroatoms. The molecule has 0 aliphatic heterocycles. The van der Waals surface area contributed by atoms with Crippen LogP contribution in [-0.2, 0) is 6.42 Å². The molecule has 2 aromatic heterocycles. The van der Waals surface area contributed by atoms with Crippen molar-refractivity contribution in [2.45, 2.75) is 32.1 Å². The molecule has 1 saturated carbocycles. The highest BCUT2D eigenvalue weighted by Crippen LogP contribution is 2.33. The number of nitrogens with zero attached hydrogens (tertiary/aromatic N) is 1. The van der Waals surface area contributed by atoms with E-state index in [0.717, 1.165) is 40.0 Å². The van der Waals surface area contributed by atoms with Crippen molar-refractivity contribution in [3.05, 3.63) is 66.1 Å². The standard InChI is InChI=1S/C23H20FNO/c24-18-6-8-23-20(14-18)19-13-17(5-7-22(19)26-23)21-12-16(9-10-25-21)11-15-3-1-2-4-15/h5-10,12-15H,1-4,11H2.